The average Bonchev–Trinajstić information content (AvgIpc) is 2.78. The van der Waals surface area contributed by atoms with Crippen LogP contribution in [0.15, 0.2) is 24.3 Å². The Balaban J connectivity index is 0.000000202. The molecule has 0 amide bonds. The third-order valence-corrected chi connectivity index (χ3v) is 6.07. The molecule has 0 aliphatic carbocycles. The molecule has 0 aliphatic rings. The van der Waals surface area contributed by atoms with Crippen LogP contribution in [0.4, 0.5) is 11.6 Å². The van der Waals surface area contributed by atoms with Gasteiger partial charge in [0.2, 0.25) is 0 Å². The highest BCUT2D eigenvalue weighted by Gasteiger charge is 2.20. The lowest BCUT2D eigenvalue weighted by molar-refractivity contribution is 0.260. The molecule has 2 aromatic carbocycles. The minimum atomic E-state index is -0.197. The van der Waals surface area contributed by atoms with Crippen molar-refractivity contribution in [3.63, 3.8) is 0 Å². The van der Waals surface area contributed by atoms with Crippen molar-refractivity contribution in [2.45, 2.75) is 79.4 Å². The van der Waals surface area contributed by atoms with E-state index in [0.29, 0.717) is 39.5 Å². The molecule has 4 rings (SSSR count). The Hall–Kier alpha value is -3.36. The molecule has 0 atom stereocenters. The Morgan fingerprint density at radius 2 is 1.00 bits per heavy atom. The minimum Gasteiger partial charge on any atom is -0.392 e. The van der Waals surface area contributed by atoms with Crippen LogP contribution < -0.4 is 11.5 Å². The monoisotopic (exact) mass is 490 g/mol. The number of fused-ring (bicyclic) bond motifs is 2. The molecule has 0 spiro atoms. The van der Waals surface area contributed by atoms with Crippen molar-refractivity contribution in [1.82, 2.24) is 19.9 Å². The van der Waals surface area contributed by atoms with E-state index in [9.17, 15) is 10.2 Å². The number of aliphatic hydroxyl groups is 2. The summed E-state index contributed by atoms with van der Waals surface area (Å²) in [5.74, 6) is 2.43. The lowest BCUT2D eigenvalue weighted by atomic mass is 9.95. The number of rotatable bonds is 2. The first-order valence-electron chi connectivity index (χ1n) is 12.0. The van der Waals surface area contributed by atoms with Gasteiger partial charge in [0.05, 0.1) is 24.2 Å². The van der Waals surface area contributed by atoms with E-state index in [1.54, 1.807) is 12.1 Å². The number of aliphatic hydroxyl groups excluding tert-OH is 2. The van der Waals surface area contributed by atoms with Crippen LogP contribution in [0.5, 0.6) is 0 Å². The summed E-state index contributed by atoms with van der Waals surface area (Å²) < 4.78 is 0. The fraction of sp³-hybridized carbons (Fsp3) is 0.429. The molecule has 2 aromatic heterocycles. The van der Waals surface area contributed by atoms with Crippen molar-refractivity contribution in [3.05, 3.63) is 58.2 Å². The van der Waals surface area contributed by atoms with Crippen molar-refractivity contribution < 1.29 is 10.2 Å². The zero-order chi connectivity index (χ0) is 27.0. The first kappa shape index (κ1) is 27.2. The first-order valence-corrected chi connectivity index (χ1v) is 12.0. The number of nitrogens with two attached hydrogens (primary N) is 2. The number of aryl methyl sites for hydroxylation is 2. The second-order valence-electron chi connectivity index (χ2n) is 11.3. The number of nitrogens with zero attached hydrogens (tertiary/aromatic N) is 4. The molecule has 0 bridgehead atoms. The summed E-state index contributed by atoms with van der Waals surface area (Å²) >= 11 is 0. The molecule has 0 saturated carbocycles. The largest absolute Gasteiger partial charge is 0.392 e. The van der Waals surface area contributed by atoms with Crippen molar-refractivity contribution in [3.8, 4) is 0 Å². The van der Waals surface area contributed by atoms with Gasteiger partial charge in [0.1, 0.15) is 23.3 Å². The summed E-state index contributed by atoms with van der Waals surface area (Å²) in [4.78, 5) is 17.9. The number of aromatic nitrogens is 4. The maximum Gasteiger partial charge on any atom is 0.136 e. The van der Waals surface area contributed by atoms with Gasteiger partial charge in [-0.15, -0.1) is 0 Å². The van der Waals surface area contributed by atoms with Crippen molar-refractivity contribution in [2.24, 2.45) is 0 Å². The summed E-state index contributed by atoms with van der Waals surface area (Å²) in [5.41, 5.74) is 17.1. The number of benzene rings is 2. The maximum atomic E-state index is 9.32. The second kappa shape index (κ2) is 9.95. The number of nitrogen functional groups attached to an aromatic ring is 2. The molecular formula is C28H38N6O2. The van der Waals surface area contributed by atoms with Gasteiger partial charge in [-0.1, -0.05) is 41.5 Å². The van der Waals surface area contributed by atoms with E-state index in [4.69, 9.17) is 11.5 Å². The molecule has 4 aromatic rings. The molecule has 8 heteroatoms. The summed E-state index contributed by atoms with van der Waals surface area (Å²) in [6.07, 6.45) is 0. The molecule has 36 heavy (non-hydrogen) atoms. The molecule has 0 fully saturated rings. The molecule has 8 nitrogen and oxygen atoms in total. The van der Waals surface area contributed by atoms with Crippen LogP contribution in [0.3, 0.4) is 0 Å². The highest BCUT2D eigenvalue weighted by molar-refractivity contribution is 5.90. The lowest BCUT2D eigenvalue weighted by Gasteiger charge is -2.18. The standard InChI is InChI=1S/C14H19N3O2.C14H19N3/c1-14(2,3)13-16-11-5-9(7-19)8(6-18)4-10(11)12(15)17-13;1-8-6-10-11(7-9(8)2)16-13(14(3,4)5)17-12(10)15/h4-5,18-19H,6-7H2,1-3H3,(H2,15,16,17);6-7H,1-5H3,(H2,15,16,17). The van der Waals surface area contributed by atoms with Crippen molar-refractivity contribution in [2.75, 3.05) is 11.5 Å². The molecule has 0 aliphatic heterocycles. The van der Waals surface area contributed by atoms with Crippen molar-refractivity contribution in [1.29, 1.82) is 0 Å². The second-order valence-corrected chi connectivity index (χ2v) is 11.3. The predicted octanol–water partition coefficient (Wildman–Crippen LogP) is 4.62. The Morgan fingerprint density at radius 3 is 1.44 bits per heavy atom. The van der Waals surface area contributed by atoms with E-state index >= 15 is 0 Å². The molecule has 0 unspecified atom stereocenters. The predicted molar refractivity (Wildman–Crippen MR) is 147 cm³/mol. The molecule has 0 radical (unpaired) electrons. The third-order valence-electron chi connectivity index (χ3n) is 6.07. The van der Waals surface area contributed by atoms with Gasteiger partial charge in [-0.05, 0) is 60.4 Å². The zero-order valence-electron chi connectivity index (χ0n) is 22.6. The summed E-state index contributed by atoms with van der Waals surface area (Å²) in [6, 6.07) is 7.64. The van der Waals surface area contributed by atoms with Crippen LogP contribution in [0.1, 0.15) is 75.4 Å². The van der Waals surface area contributed by atoms with Crippen LogP contribution in [0.2, 0.25) is 0 Å². The Morgan fingerprint density at radius 1 is 0.611 bits per heavy atom. The number of hydrogen-bond donors (Lipinski definition) is 4. The van der Waals surface area contributed by atoms with E-state index in [0.717, 1.165) is 16.7 Å². The van der Waals surface area contributed by atoms with E-state index < -0.39 is 0 Å². The van der Waals surface area contributed by atoms with E-state index in [-0.39, 0.29) is 24.0 Å². The average molecular weight is 491 g/mol. The summed E-state index contributed by atoms with van der Waals surface area (Å²) in [7, 11) is 0. The fourth-order valence-corrected chi connectivity index (χ4v) is 3.66. The number of anilines is 2. The normalized spacial score (nSPS) is 12.1. The van der Waals surface area contributed by atoms with Gasteiger partial charge >= 0.3 is 0 Å². The van der Waals surface area contributed by atoms with Gasteiger partial charge in [0.25, 0.3) is 0 Å². The van der Waals surface area contributed by atoms with E-state index in [1.807, 2.05) is 20.8 Å². The number of hydrogen-bond acceptors (Lipinski definition) is 8. The van der Waals surface area contributed by atoms with Gasteiger partial charge in [0, 0.05) is 21.6 Å². The highest BCUT2D eigenvalue weighted by Crippen LogP contribution is 2.28. The van der Waals surface area contributed by atoms with Crippen molar-refractivity contribution >= 4 is 33.4 Å². The molecule has 2 heterocycles. The van der Waals surface area contributed by atoms with Gasteiger partial charge in [-0.2, -0.15) is 0 Å². The molecular weight excluding hydrogens is 452 g/mol. The third kappa shape index (κ3) is 5.71. The molecule has 192 valence electrons. The summed E-state index contributed by atoms with van der Waals surface area (Å²) in [6.45, 7) is 16.2. The molecule has 0 saturated heterocycles. The zero-order valence-corrected chi connectivity index (χ0v) is 22.6. The van der Waals surface area contributed by atoms with Crippen LogP contribution in [0.25, 0.3) is 21.8 Å². The van der Waals surface area contributed by atoms with Crippen LogP contribution >= 0.6 is 0 Å². The van der Waals surface area contributed by atoms with Gasteiger partial charge in [-0.3, -0.25) is 0 Å². The van der Waals surface area contributed by atoms with E-state index in [2.05, 4.69) is 66.7 Å². The van der Waals surface area contributed by atoms with Gasteiger partial charge in [0.15, 0.2) is 0 Å². The fourth-order valence-electron chi connectivity index (χ4n) is 3.66. The molecule has 6 N–H and O–H groups in total. The van der Waals surface area contributed by atoms with Gasteiger partial charge < -0.3 is 21.7 Å². The van der Waals surface area contributed by atoms with Crippen LogP contribution in [0, 0.1) is 13.8 Å². The Kier molecular flexibility index (Phi) is 7.53. The first-order chi connectivity index (χ1) is 16.6. The topological polar surface area (TPSA) is 144 Å². The summed E-state index contributed by atoms with van der Waals surface area (Å²) in [5, 5.41) is 20.3. The quantitative estimate of drug-likeness (QED) is 0.318. The van der Waals surface area contributed by atoms with E-state index in [1.165, 1.54) is 11.1 Å². The minimum absolute atomic E-state index is 0.0822. The smallest absolute Gasteiger partial charge is 0.136 e. The maximum absolute atomic E-state index is 9.32. The lowest BCUT2D eigenvalue weighted by Crippen LogP contribution is -2.17. The van der Waals surface area contributed by atoms with Crippen LogP contribution in [-0.2, 0) is 24.0 Å². The highest BCUT2D eigenvalue weighted by atomic mass is 16.3. The van der Waals surface area contributed by atoms with Crippen LogP contribution in [-0.4, -0.2) is 30.1 Å². The SMILES string of the molecule is CC(C)(C)c1nc(N)c2cc(CO)c(CO)cc2n1.Cc1cc2nc(C(C)(C)C)nc(N)c2cc1C. The van der Waals surface area contributed by atoms with Gasteiger partial charge in [-0.25, -0.2) is 19.9 Å². The Labute approximate surface area is 212 Å². The Bertz CT molecular complexity index is 1420.